The Labute approximate surface area is 148 Å². The Morgan fingerprint density at radius 1 is 0.960 bits per heavy atom. The lowest BCUT2D eigenvalue weighted by atomic mass is 10.3. The molecule has 0 radical (unpaired) electrons. The monoisotopic (exact) mass is 343 g/mol. The van der Waals surface area contributed by atoms with Gasteiger partial charge in [0.05, 0.1) is 13.7 Å². The van der Waals surface area contributed by atoms with E-state index in [9.17, 15) is 4.79 Å². The third-order valence-corrected chi connectivity index (χ3v) is 3.55. The van der Waals surface area contributed by atoms with Crippen LogP contribution < -0.4 is 19.5 Å². The summed E-state index contributed by atoms with van der Waals surface area (Å²) >= 11 is 0. The smallest absolute Gasteiger partial charge is 0.262 e. The standard InChI is InChI=1S/C20H25NO4/c1-3-4-5-12-24-18-10-7-11-19(14-18)25-15-20(22)21-16-8-6-9-17(13-16)23-2/h6-11,13-14H,3-5,12,15H2,1-2H3,(H,21,22). The number of rotatable bonds is 10. The maximum absolute atomic E-state index is 12.0. The summed E-state index contributed by atoms with van der Waals surface area (Å²) in [5, 5.41) is 2.77. The van der Waals surface area contributed by atoms with Gasteiger partial charge in [-0.25, -0.2) is 0 Å². The second-order valence-corrected chi connectivity index (χ2v) is 5.60. The number of amides is 1. The van der Waals surface area contributed by atoms with E-state index in [-0.39, 0.29) is 12.5 Å². The van der Waals surface area contributed by atoms with Crippen LogP contribution in [0.3, 0.4) is 0 Å². The fraction of sp³-hybridized carbons (Fsp3) is 0.350. The van der Waals surface area contributed by atoms with Gasteiger partial charge in [-0.3, -0.25) is 4.79 Å². The molecule has 1 amide bonds. The zero-order valence-electron chi connectivity index (χ0n) is 14.8. The molecule has 25 heavy (non-hydrogen) atoms. The zero-order chi connectivity index (χ0) is 17.9. The molecule has 0 fully saturated rings. The van der Waals surface area contributed by atoms with Crippen LogP contribution in [0, 0.1) is 0 Å². The lowest BCUT2D eigenvalue weighted by molar-refractivity contribution is -0.118. The predicted molar refractivity (Wildman–Crippen MR) is 98.6 cm³/mol. The molecular formula is C20H25NO4. The molecular weight excluding hydrogens is 318 g/mol. The van der Waals surface area contributed by atoms with E-state index in [1.54, 1.807) is 31.4 Å². The highest BCUT2D eigenvalue weighted by molar-refractivity contribution is 5.92. The van der Waals surface area contributed by atoms with Gasteiger partial charge in [-0.05, 0) is 30.7 Å². The fourth-order valence-corrected chi connectivity index (χ4v) is 2.24. The maximum atomic E-state index is 12.0. The molecule has 1 N–H and O–H groups in total. The zero-order valence-corrected chi connectivity index (χ0v) is 14.8. The van der Waals surface area contributed by atoms with Gasteiger partial charge in [-0.2, -0.15) is 0 Å². The minimum Gasteiger partial charge on any atom is -0.497 e. The molecule has 0 aliphatic carbocycles. The van der Waals surface area contributed by atoms with E-state index >= 15 is 0 Å². The van der Waals surface area contributed by atoms with Crippen LogP contribution >= 0.6 is 0 Å². The van der Waals surface area contributed by atoms with Crippen LogP contribution in [0.1, 0.15) is 26.2 Å². The Morgan fingerprint density at radius 3 is 2.44 bits per heavy atom. The average Bonchev–Trinajstić information content (AvgIpc) is 2.64. The van der Waals surface area contributed by atoms with Gasteiger partial charge in [0, 0.05) is 17.8 Å². The van der Waals surface area contributed by atoms with Crippen molar-refractivity contribution in [3.63, 3.8) is 0 Å². The SMILES string of the molecule is CCCCCOc1cccc(OCC(=O)Nc2cccc(OC)c2)c1. The van der Waals surface area contributed by atoms with Crippen LogP contribution in [0.2, 0.25) is 0 Å². The Morgan fingerprint density at radius 2 is 1.68 bits per heavy atom. The van der Waals surface area contributed by atoms with E-state index in [2.05, 4.69) is 12.2 Å². The number of carbonyl (C=O) groups excluding carboxylic acids is 1. The van der Waals surface area contributed by atoms with Gasteiger partial charge in [0.2, 0.25) is 0 Å². The number of anilines is 1. The lowest BCUT2D eigenvalue weighted by Gasteiger charge is -2.10. The topological polar surface area (TPSA) is 56.8 Å². The fourth-order valence-electron chi connectivity index (χ4n) is 2.24. The summed E-state index contributed by atoms with van der Waals surface area (Å²) in [6, 6.07) is 14.5. The third-order valence-electron chi connectivity index (χ3n) is 3.55. The number of carbonyl (C=O) groups is 1. The molecule has 2 aromatic carbocycles. The van der Waals surface area contributed by atoms with E-state index in [1.807, 2.05) is 24.3 Å². The van der Waals surface area contributed by atoms with Crippen LogP contribution in [0.25, 0.3) is 0 Å². The molecule has 2 rings (SSSR count). The molecule has 0 aliphatic rings. The summed E-state index contributed by atoms with van der Waals surface area (Å²) in [6.45, 7) is 2.77. The Bertz CT molecular complexity index is 672. The van der Waals surface area contributed by atoms with Crippen molar-refractivity contribution >= 4 is 11.6 Å². The summed E-state index contributed by atoms with van der Waals surface area (Å²) in [6.07, 6.45) is 3.35. The summed E-state index contributed by atoms with van der Waals surface area (Å²) in [4.78, 5) is 12.0. The van der Waals surface area contributed by atoms with Crippen LogP contribution in [-0.2, 0) is 4.79 Å². The minimum atomic E-state index is -0.234. The largest absolute Gasteiger partial charge is 0.497 e. The molecule has 0 unspecified atom stereocenters. The molecule has 2 aromatic rings. The van der Waals surface area contributed by atoms with Crippen molar-refractivity contribution in [3.05, 3.63) is 48.5 Å². The van der Waals surface area contributed by atoms with E-state index in [0.29, 0.717) is 23.8 Å². The van der Waals surface area contributed by atoms with Gasteiger partial charge in [0.15, 0.2) is 6.61 Å². The van der Waals surface area contributed by atoms with Crippen molar-refractivity contribution in [1.29, 1.82) is 0 Å². The quantitative estimate of drug-likeness (QED) is 0.654. The number of hydrogen-bond acceptors (Lipinski definition) is 4. The van der Waals surface area contributed by atoms with E-state index in [0.717, 1.165) is 25.0 Å². The summed E-state index contributed by atoms with van der Waals surface area (Å²) in [5.74, 6) is 1.81. The highest BCUT2D eigenvalue weighted by Crippen LogP contribution is 2.20. The van der Waals surface area contributed by atoms with Gasteiger partial charge in [0.25, 0.3) is 5.91 Å². The van der Waals surface area contributed by atoms with Gasteiger partial charge < -0.3 is 19.5 Å². The maximum Gasteiger partial charge on any atom is 0.262 e. The summed E-state index contributed by atoms with van der Waals surface area (Å²) in [7, 11) is 1.58. The first-order valence-electron chi connectivity index (χ1n) is 8.51. The van der Waals surface area contributed by atoms with Crippen molar-refractivity contribution in [2.24, 2.45) is 0 Å². The van der Waals surface area contributed by atoms with Crippen molar-refractivity contribution in [1.82, 2.24) is 0 Å². The van der Waals surface area contributed by atoms with Crippen molar-refractivity contribution in [3.8, 4) is 17.2 Å². The molecule has 0 heterocycles. The van der Waals surface area contributed by atoms with Crippen LogP contribution in [0.4, 0.5) is 5.69 Å². The molecule has 0 aliphatic heterocycles. The average molecular weight is 343 g/mol. The second-order valence-electron chi connectivity index (χ2n) is 5.60. The first-order valence-corrected chi connectivity index (χ1v) is 8.51. The molecule has 0 atom stereocenters. The van der Waals surface area contributed by atoms with Crippen LogP contribution in [0.5, 0.6) is 17.2 Å². The molecule has 5 nitrogen and oxygen atoms in total. The summed E-state index contributed by atoms with van der Waals surface area (Å²) < 4.78 is 16.4. The molecule has 5 heteroatoms. The van der Waals surface area contributed by atoms with Crippen LogP contribution in [0.15, 0.2) is 48.5 Å². The summed E-state index contributed by atoms with van der Waals surface area (Å²) in [5.41, 5.74) is 0.668. The molecule has 0 saturated heterocycles. The van der Waals surface area contributed by atoms with Gasteiger partial charge in [-0.15, -0.1) is 0 Å². The Balaban J connectivity index is 1.80. The molecule has 134 valence electrons. The normalized spacial score (nSPS) is 10.2. The van der Waals surface area contributed by atoms with E-state index in [4.69, 9.17) is 14.2 Å². The Hall–Kier alpha value is -2.69. The van der Waals surface area contributed by atoms with Gasteiger partial charge >= 0.3 is 0 Å². The number of ether oxygens (including phenoxy) is 3. The first kappa shape index (κ1) is 18.6. The third kappa shape index (κ3) is 6.75. The van der Waals surface area contributed by atoms with E-state index in [1.165, 1.54) is 0 Å². The molecule has 0 saturated carbocycles. The van der Waals surface area contributed by atoms with Crippen molar-refractivity contribution in [2.75, 3.05) is 25.6 Å². The second kappa shape index (κ2) is 10.2. The van der Waals surface area contributed by atoms with Crippen LogP contribution in [-0.4, -0.2) is 26.2 Å². The number of hydrogen-bond donors (Lipinski definition) is 1. The Kier molecular flexibility index (Phi) is 7.63. The first-order chi connectivity index (χ1) is 12.2. The molecule has 0 bridgehead atoms. The highest BCUT2D eigenvalue weighted by atomic mass is 16.5. The highest BCUT2D eigenvalue weighted by Gasteiger charge is 2.05. The van der Waals surface area contributed by atoms with Gasteiger partial charge in [-0.1, -0.05) is 31.9 Å². The minimum absolute atomic E-state index is 0.0729. The predicted octanol–water partition coefficient (Wildman–Crippen LogP) is 4.28. The van der Waals surface area contributed by atoms with Gasteiger partial charge in [0.1, 0.15) is 17.2 Å². The number of unbranched alkanes of at least 4 members (excludes halogenated alkanes) is 2. The molecule has 0 spiro atoms. The number of nitrogens with one attached hydrogen (secondary N) is 1. The van der Waals surface area contributed by atoms with Crippen molar-refractivity contribution in [2.45, 2.75) is 26.2 Å². The van der Waals surface area contributed by atoms with Crippen molar-refractivity contribution < 1.29 is 19.0 Å². The van der Waals surface area contributed by atoms with E-state index < -0.39 is 0 Å². The lowest BCUT2D eigenvalue weighted by Crippen LogP contribution is -2.20. The number of benzene rings is 2. The number of methoxy groups -OCH3 is 1. The molecule has 0 aromatic heterocycles.